The zero-order valence-corrected chi connectivity index (χ0v) is 32.9. The lowest BCUT2D eigenvalue weighted by molar-refractivity contribution is -0.115. The van der Waals surface area contributed by atoms with E-state index in [1.807, 2.05) is 11.8 Å². The lowest BCUT2D eigenvalue weighted by Gasteiger charge is -2.30. The Hall–Kier alpha value is 0.0845. The molecule has 8 bridgehead atoms. The van der Waals surface area contributed by atoms with E-state index in [1.165, 1.54) is 12.8 Å². The van der Waals surface area contributed by atoms with Gasteiger partial charge in [-0.25, -0.2) is 0 Å². The largest absolute Gasteiger partial charge is 0.381 e. The van der Waals surface area contributed by atoms with Crippen molar-refractivity contribution >= 4 is 65.7 Å². The van der Waals surface area contributed by atoms with Crippen molar-refractivity contribution in [1.82, 2.24) is 0 Å². The first-order valence-corrected chi connectivity index (χ1v) is 19.8. The summed E-state index contributed by atoms with van der Waals surface area (Å²) in [5.41, 5.74) is 2.40. The maximum absolute atomic E-state index is 5.85. The third-order valence-corrected chi connectivity index (χ3v) is 14.9. The normalized spacial score (nSPS) is 49.2. The van der Waals surface area contributed by atoms with E-state index in [2.05, 4.69) is 89.8 Å². The van der Waals surface area contributed by atoms with Gasteiger partial charge in [0.15, 0.2) is 0 Å². The Morgan fingerprint density at radius 1 is 0.680 bits per heavy atom. The molecule has 6 nitrogen and oxygen atoms in total. The molecule has 13 radical (unpaired) electrons. The van der Waals surface area contributed by atoms with Crippen LogP contribution in [-0.4, -0.2) is 137 Å². The van der Waals surface area contributed by atoms with Crippen molar-refractivity contribution in [3.05, 3.63) is 18.9 Å². The summed E-state index contributed by atoms with van der Waals surface area (Å²) in [5, 5.41) is 0.551. The van der Waals surface area contributed by atoms with Gasteiger partial charge in [0.1, 0.15) is 31.4 Å². The van der Waals surface area contributed by atoms with E-state index in [0.717, 1.165) is 51.7 Å². The third kappa shape index (κ3) is 8.49. The van der Waals surface area contributed by atoms with Gasteiger partial charge in [0.25, 0.3) is 0 Å². The highest BCUT2D eigenvalue weighted by atomic mass is 32.2. The van der Waals surface area contributed by atoms with E-state index < -0.39 is 0 Å². The topological polar surface area (TPSA) is 55.4 Å². The predicted molar refractivity (Wildman–Crippen MR) is 216 cm³/mol. The minimum atomic E-state index is -0.196. The van der Waals surface area contributed by atoms with Crippen LogP contribution in [0.3, 0.4) is 0 Å². The molecule has 269 valence electrons. The highest BCUT2D eigenvalue weighted by Gasteiger charge is 2.58. The summed E-state index contributed by atoms with van der Waals surface area (Å²) in [7, 11) is 33.1. The molecule has 7 heterocycles. The molecule has 8 fully saturated rings. The first-order valence-electron chi connectivity index (χ1n) is 19.7. The number of ether oxygens (including phenoxy) is 6. The minimum Gasteiger partial charge on any atom is -0.381 e. The van der Waals surface area contributed by atoms with Crippen molar-refractivity contribution < 1.29 is 32.8 Å². The second-order valence-corrected chi connectivity index (χ2v) is 16.3. The quantitative estimate of drug-likeness (QED) is 0.308. The lowest BCUT2D eigenvalue weighted by Crippen LogP contribution is -2.37. The van der Waals surface area contributed by atoms with Gasteiger partial charge < -0.3 is 28.4 Å². The molecular weight excluding hydrogens is 636 g/mol. The molecule has 1 aliphatic carbocycles. The van der Waals surface area contributed by atoms with Crippen LogP contribution >= 0.6 is 11.8 Å². The number of hydrogen-bond acceptors (Lipinski definition) is 7. The molecule has 16 atom stereocenters. The third-order valence-electron chi connectivity index (χ3n) is 13.2. The molecule has 8 aliphatic rings. The summed E-state index contributed by atoms with van der Waals surface area (Å²) in [5.74, 6) is 4.03. The van der Waals surface area contributed by atoms with Crippen molar-refractivity contribution in [2.75, 3.05) is 19.0 Å². The van der Waals surface area contributed by atoms with Gasteiger partial charge in [0, 0.05) is 73.8 Å². The zero-order chi connectivity index (χ0) is 39.7. The van der Waals surface area contributed by atoms with Gasteiger partial charge in [-0.15, -0.1) is 5.73 Å². The van der Waals surface area contributed by atoms with E-state index in [9.17, 15) is 0 Å². The maximum Gasteiger partial charge on any atom is 0.112 e. The summed E-state index contributed by atoms with van der Waals surface area (Å²) in [6, 6.07) is -0.375. The van der Waals surface area contributed by atoms with E-state index in [-0.39, 0.29) is 60.1 Å². The second-order valence-electron chi connectivity index (χ2n) is 15.1. The monoisotopic (exact) mass is 703 g/mol. The fourth-order valence-corrected chi connectivity index (χ4v) is 11.2. The van der Waals surface area contributed by atoms with Gasteiger partial charge in [0.05, 0.1) is 47.8 Å². The Kier molecular flexibility index (Phi) is 15.9. The van der Waals surface area contributed by atoms with Crippen LogP contribution < -0.4 is 0 Å². The van der Waals surface area contributed by atoms with Crippen LogP contribution in [0.4, 0.5) is 0 Å². The highest BCUT2D eigenvalue weighted by Crippen LogP contribution is 2.54. The Morgan fingerprint density at radius 2 is 1.08 bits per heavy atom. The maximum atomic E-state index is 5.85. The van der Waals surface area contributed by atoms with Crippen LogP contribution in [0, 0.1) is 29.6 Å². The molecule has 0 aromatic rings. The molecule has 7 saturated heterocycles. The molecule has 4 unspecified atom stereocenters. The Balaban J connectivity index is 0.000000329. The molecule has 8 rings (SSSR count). The van der Waals surface area contributed by atoms with E-state index in [1.54, 1.807) is 0 Å². The summed E-state index contributed by atoms with van der Waals surface area (Å²) in [4.78, 5) is 0. The molecule has 0 amide bonds. The van der Waals surface area contributed by atoms with Crippen LogP contribution in [0.1, 0.15) is 98.3 Å². The molecule has 0 aromatic heterocycles. The molecule has 1 saturated carbocycles. The van der Waals surface area contributed by atoms with Crippen molar-refractivity contribution in [3.63, 3.8) is 0 Å². The first kappa shape index (κ1) is 42.8. The van der Waals surface area contributed by atoms with E-state index in [0.29, 0.717) is 34.8 Å². The SMILES string of the molecule is C=C=C.[2HH].[2H][2H].[B][B][B].[B][C@@H]1O[C@@]2(CC)CCC1[C@H]2C.[B][C@@H]1O[C@@]2(CC)COC1[C@H]2C.[B][C@@H]1O[C@@]2(CC)CSC1[C@H]2C.[B][C@@H]1O[C@]2(CC)COC1[C@@H]2C. The lowest BCUT2D eigenvalue weighted by atomic mass is 9.40. The van der Waals surface area contributed by atoms with Gasteiger partial charge in [-0.2, -0.15) is 11.8 Å². The first-order chi connectivity index (χ1) is 24.6. The molecule has 0 N–H and O–H groups in total. The van der Waals surface area contributed by atoms with Crippen molar-refractivity contribution in [3.8, 4) is 0 Å². The molecule has 7 aliphatic heterocycles. The van der Waals surface area contributed by atoms with Gasteiger partial charge in [-0.3, -0.25) is 0 Å². The zero-order valence-electron chi connectivity index (χ0n) is 34.1. The number of thioether (sulfide) groups is 1. The average Bonchev–Trinajstić information content (AvgIpc) is 4.00. The van der Waals surface area contributed by atoms with Gasteiger partial charge in [-0.1, -0.05) is 68.5 Å². The van der Waals surface area contributed by atoms with Gasteiger partial charge in [0.2, 0.25) is 0 Å². The van der Waals surface area contributed by atoms with Crippen LogP contribution in [-0.2, 0) is 28.4 Å². The number of hydrogen-bond donors (Lipinski definition) is 0. The minimum absolute atomic E-state index is 0. The van der Waals surface area contributed by atoms with Crippen LogP contribution in [0.15, 0.2) is 18.9 Å². The fraction of sp³-hybridized carbons (Fsp3) is 0.917. The molecule has 50 heavy (non-hydrogen) atoms. The van der Waals surface area contributed by atoms with E-state index >= 15 is 0 Å². The second kappa shape index (κ2) is 18.6. The Bertz CT molecular complexity index is 974. The van der Waals surface area contributed by atoms with Gasteiger partial charge in [-0.05, 0) is 56.3 Å². The number of fused-ring (bicyclic) bond motifs is 8. The van der Waals surface area contributed by atoms with Crippen LogP contribution in [0.2, 0.25) is 0 Å². The summed E-state index contributed by atoms with van der Waals surface area (Å²) < 4.78 is 43.9. The van der Waals surface area contributed by atoms with Crippen LogP contribution in [0.25, 0.3) is 0 Å². The standard InChI is InChI=1S/C9H15BO.2C8H13BO2.C8H13BOS.C3H4.B3.2H2/c1-3-9-5-4-7(6(9)2)8(10)11-9;2*1-3-8-4-10-6(5(8)2)7(9)11-8;1-3-8-4-11-6(5(8)2)7(9)10-8;2*1-3-2;;/h6-8H,3-5H2,1-2H3;3*5-7H,3-4H2,1-2H3;1-2H2;;2*1H/t6-,7?,8-,9+;5-,6?,7+,8+;2*5-,6?,7-,8+;;;;/m1011..../s1/i;;;;;;1+1D;1+1. The molecular formula is C36H62B7O6S. The number of rotatable bonds is 4. The smallest absolute Gasteiger partial charge is 0.112 e. The average molecular weight is 702 g/mol. The molecule has 0 aromatic carbocycles. The van der Waals surface area contributed by atoms with Gasteiger partial charge >= 0.3 is 0 Å². The molecule has 14 heteroatoms. The Morgan fingerprint density at radius 3 is 1.26 bits per heavy atom. The van der Waals surface area contributed by atoms with Crippen molar-refractivity contribution in [1.29, 1.82) is 0 Å². The van der Waals surface area contributed by atoms with Crippen LogP contribution in [0.5, 0.6) is 0 Å². The highest BCUT2D eigenvalue weighted by molar-refractivity contribution is 8.00. The summed E-state index contributed by atoms with van der Waals surface area (Å²) in [6.07, 6.45) is 6.99. The Labute approximate surface area is 322 Å². The van der Waals surface area contributed by atoms with E-state index in [4.69, 9.17) is 62.8 Å². The summed E-state index contributed by atoms with van der Waals surface area (Å²) >= 11 is 1.98. The van der Waals surface area contributed by atoms with Crippen molar-refractivity contribution in [2.45, 2.75) is 158 Å². The summed E-state index contributed by atoms with van der Waals surface area (Å²) in [6.45, 7) is 25.2. The van der Waals surface area contributed by atoms with Crippen molar-refractivity contribution in [2.24, 2.45) is 29.6 Å². The predicted octanol–water partition coefficient (Wildman–Crippen LogP) is 4.81. The molecule has 0 spiro atoms. The fourth-order valence-electron chi connectivity index (χ4n) is 9.37.